The fraction of sp³-hybridized carbons (Fsp3) is 0.867. The Morgan fingerprint density at radius 1 is 1.24 bits per heavy atom. The van der Waals surface area contributed by atoms with Gasteiger partial charge in [0.25, 0.3) is 0 Å². The van der Waals surface area contributed by atoms with E-state index in [1.165, 1.54) is 6.42 Å². The number of hydrogen-bond donors (Lipinski definition) is 3. The Labute approximate surface area is 127 Å². The Balaban J connectivity index is 2.20. The first-order valence-electron chi connectivity index (χ1n) is 7.94. The van der Waals surface area contributed by atoms with Crippen LogP contribution in [-0.4, -0.2) is 40.7 Å². The van der Waals surface area contributed by atoms with Crippen molar-refractivity contribution in [1.82, 2.24) is 15.8 Å². The molecule has 1 rings (SSSR count). The van der Waals surface area contributed by atoms with Crippen LogP contribution in [0, 0.1) is 5.92 Å². The van der Waals surface area contributed by atoms with Crippen LogP contribution in [0.3, 0.4) is 0 Å². The average molecular weight is 299 g/mol. The number of carbonyl (C=O) groups is 2. The van der Waals surface area contributed by atoms with Gasteiger partial charge in [0, 0.05) is 25.0 Å². The fourth-order valence-electron chi connectivity index (χ4n) is 2.74. The summed E-state index contributed by atoms with van der Waals surface area (Å²) in [6.45, 7) is 6.84. The van der Waals surface area contributed by atoms with Crippen molar-refractivity contribution in [3.05, 3.63) is 0 Å². The summed E-state index contributed by atoms with van der Waals surface area (Å²) in [6, 6.07) is 0.573. The molecule has 3 N–H and O–H groups in total. The van der Waals surface area contributed by atoms with E-state index in [-0.39, 0.29) is 12.5 Å². The molecule has 2 amide bonds. The van der Waals surface area contributed by atoms with Crippen LogP contribution in [0.5, 0.6) is 0 Å². The monoisotopic (exact) mass is 299 g/mol. The average Bonchev–Trinajstić information content (AvgIpc) is 2.41. The van der Waals surface area contributed by atoms with Gasteiger partial charge in [-0.25, -0.2) is 9.80 Å². The molecule has 0 spiro atoms. The molecule has 1 heterocycles. The summed E-state index contributed by atoms with van der Waals surface area (Å²) in [5.74, 6) is -0.463. The lowest BCUT2D eigenvalue weighted by Gasteiger charge is -2.38. The molecule has 0 saturated carbocycles. The Morgan fingerprint density at radius 2 is 1.86 bits per heavy atom. The van der Waals surface area contributed by atoms with Crippen LogP contribution in [-0.2, 0) is 4.79 Å². The molecule has 0 aliphatic carbocycles. The van der Waals surface area contributed by atoms with Crippen molar-refractivity contribution in [2.24, 2.45) is 5.92 Å². The molecule has 1 saturated heterocycles. The van der Waals surface area contributed by atoms with Crippen molar-refractivity contribution in [2.45, 2.75) is 71.4 Å². The lowest BCUT2D eigenvalue weighted by Crippen LogP contribution is -2.56. The smallest absolute Gasteiger partial charge is 0.329 e. The van der Waals surface area contributed by atoms with Gasteiger partial charge in [-0.15, -0.1) is 0 Å². The van der Waals surface area contributed by atoms with Gasteiger partial charge in [0.1, 0.15) is 0 Å². The van der Waals surface area contributed by atoms with Crippen molar-refractivity contribution in [3.8, 4) is 0 Å². The van der Waals surface area contributed by atoms with Gasteiger partial charge in [0.15, 0.2) is 0 Å². The third kappa shape index (κ3) is 6.80. The third-order valence-electron chi connectivity index (χ3n) is 4.20. The summed E-state index contributed by atoms with van der Waals surface area (Å²) in [5.41, 5.74) is 2.93. The van der Waals surface area contributed by atoms with E-state index in [0.29, 0.717) is 31.0 Å². The van der Waals surface area contributed by atoms with Gasteiger partial charge in [-0.1, -0.05) is 13.3 Å². The van der Waals surface area contributed by atoms with Crippen molar-refractivity contribution in [2.75, 3.05) is 6.54 Å². The minimum atomic E-state index is -0.763. The summed E-state index contributed by atoms with van der Waals surface area (Å²) in [7, 11) is 0. The predicted octanol–water partition coefficient (Wildman–Crippen LogP) is 2.35. The minimum absolute atomic E-state index is 0.166. The van der Waals surface area contributed by atoms with E-state index in [1.807, 2.05) is 11.9 Å². The van der Waals surface area contributed by atoms with Gasteiger partial charge in [-0.2, -0.15) is 0 Å². The highest BCUT2D eigenvalue weighted by molar-refractivity contribution is 5.73. The number of carbonyl (C=O) groups excluding carboxylic acids is 1. The van der Waals surface area contributed by atoms with E-state index in [0.717, 1.165) is 19.3 Å². The first-order valence-corrected chi connectivity index (χ1v) is 7.94. The van der Waals surface area contributed by atoms with Crippen molar-refractivity contribution in [1.29, 1.82) is 0 Å². The largest absolute Gasteiger partial charge is 0.481 e. The van der Waals surface area contributed by atoms with Crippen LogP contribution in [0.15, 0.2) is 0 Å². The van der Waals surface area contributed by atoms with Crippen LogP contribution in [0.2, 0.25) is 0 Å². The number of urea groups is 1. The van der Waals surface area contributed by atoms with E-state index >= 15 is 0 Å². The number of aliphatic carboxylic acids is 1. The molecule has 21 heavy (non-hydrogen) atoms. The number of hydrogen-bond acceptors (Lipinski definition) is 3. The molecule has 0 aromatic carbocycles. The number of hydrazine groups is 1. The summed E-state index contributed by atoms with van der Waals surface area (Å²) in [4.78, 5) is 22.4. The highest BCUT2D eigenvalue weighted by atomic mass is 16.4. The minimum Gasteiger partial charge on any atom is -0.481 e. The summed E-state index contributed by atoms with van der Waals surface area (Å²) in [5, 5.41) is 13.5. The van der Waals surface area contributed by atoms with Crippen LogP contribution < -0.4 is 10.7 Å². The number of carboxylic acid groups (broad SMARTS) is 1. The molecule has 0 aromatic rings. The molecule has 1 aliphatic heterocycles. The van der Waals surface area contributed by atoms with Crippen molar-refractivity contribution in [3.63, 3.8) is 0 Å². The van der Waals surface area contributed by atoms with Crippen LogP contribution in [0.25, 0.3) is 0 Å². The maximum atomic E-state index is 11.9. The number of carboxylic acids is 1. The van der Waals surface area contributed by atoms with Crippen LogP contribution >= 0.6 is 0 Å². The Morgan fingerprint density at radius 3 is 2.43 bits per heavy atom. The molecular weight excluding hydrogens is 270 g/mol. The van der Waals surface area contributed by atoms with Gasteiger partial charge >= 0.3 is 12.0 Å². The maximum absolute atomic E-state index is 11.9. The fourth-order valence-corrected chi connectivity index (χ4v) is 2.74. The lowest BCUT2D eigenvalue weighted by atomic mass is 10.00. The van der Waals surface area contributed by atoms with E-state index in [2.05, 4.69) is 24.6 Å². The standard InChI is InChI=1S/C15H29N3O3/c1-11(7-8-14(19)20)9-10-16-15(21)17-18-12(2)5-4-6-13(18)3/h11-13H,4-10H2,1-3H3,(H,19,20)(H2,16,17,21). The number of amides is 2. The molecule has 0 radical (unpaired) electrons. The Bertz CT molecular complexity index is 339. The number of piperidine rings is 1. The summed E-state index contributed by atoms with van der Waals surface area (Å²) in [6.07, 6.45) is 5.07. The van der Waals surface area contributed by atoms with E-state index < -0.39 is 5.97 Å². The molecule has 1 aliphatic rings. The number of nitrogens with zero attached hydrogens (tertiary/aromatic N) is 1. The van der Waals surface area contributed by atoms with Gasteiger partial charge in [-0.05, 0) is 45.4 Å². The number of rotatable bonds is 7. The van der Waals surface area contributed by atoms with E-state index in [1.54, 1.807) is 0 Å². The van der Waals surface area contributed by atoms with Gasteiger partial charge in [0.05, 0.1) is 0 Å². The first-order chi connectivity index (χ1) is 9.90. The second-order valence-electron chi connectivity index (χ2n) is 6.23. The predicted molar refractivity (Wildman–Crippen MR) is 81.8 cm³/mol. The van der Waals surface area contributed by atoms with Crippen LogP contribution in [0.1, 0.15) is 59.3 Å². The second kappa shape index (κ2) is 8.87. The first kappa shape index (κ1) is 17.8. The molecule has 0 aromatic heterocycles. The molecule has 3 atom stereocenters. The SMILES string of the molecule is CC(CCNC(=O)NN1C(C)CCCC1C)CCC(=O)O. The molecule has 6 nitrogen and oxygen atoms in total. The molecule has 0 bridgehead atoms. The topological polar surface area (TPSA) is 81.7 Å². The van der Waals surface area contributed by atoms with Gasteiger partial charge in [-0.3, -0.25) is 10.2 Å². The summed E-state index contributed by atoms with van der Waals surface area (Å²) >= 11 is 0. The zero-order valence-corrected chi connectivity index (χ0v) is 13.4. The van der Waals surface area contributed by atoms with Gasteiger partial charge < -0.3 is 10.4 Å². The van der Waals surface area contributed by atoms with E-state index in [4.69, 9.17) is 5.11 Å². The zero-order valence-electron chi connectivity index (χ0n) is 13.4. The molecule has 1 fully saturated rings. The van der Waals surface area contributed by atoms with Crippen molar-refractivity contribution < 1.29 is 14.7 Å². The maximum Gasteiger partial charge on any atom is 0.329 e. The third-order valence-corrected chi connectivity index (χ3v) is 4.20. The van der Waals surface area contributed by atoms with E-state index in [9.17, 15) is 9.59 Å². The van der Waals surface area contributed by atoms with Crippen LogP contribution in [0.4, 0.5) is 4.79 Å². The Kier molecular flexibility index (Phi) is 7.50. The molecule has 6 heteroatoms. The highest BCUT2D eigenvalue weighted by Gasteiger charge is 2.25. The quantitative estimate of drug-likeness (QED) is 0.674. The highest BCUT2D eigenvalue weighted by Crippen LogP contribution is 2.20. The Hall–Kier alpha value is -1.30. The number of nitrogens with one attached hydrogen (secondary N) is 2. The second-order valence-corrected chi connectivity index (χ2v) is 6.23. The lowest BCUT2D eigenvalue weighted by molar-refractivity contribution is -0.137. The van der Waals surface area contributed by atoms with Gasteiger partial charge in [0.2, 0.25) is 0 Å². The zero-order chi connectivity index (χ0) is 15.8. The normalized spacial score (nSPS) is 24.3. The molecule has 3 unspecified atom stereocenters. The van der Waals surface area contributed by atoms with Crippen molar-refractivity contribution >= 4 is 12.0 Å². The summed E-state index contributed by atoms with van der Waals surface area (Å²) < 4.78 is 0. The molecule has 122 valence electrons. The molecular formula is C15H29N3O3.